The summed E-state index contributed by atoms with van der Waals surface area (Å²) >= 11 is 0.750. The average Bonchev–Trinajstić information content (AvgIpc) is 1.39. The summed E-state index contributed by atoms with van der Waals surface area (Å²) in [7, 11) is -0.833. The van der Waals surface area contributed by atoms with Crippen LogP contribution in [-0.4, -0.2) is 20.1 Å². The lowest BCUT2D eigenvalue weighted by Crippen LogP contribution is -1.53. The van der Waals surface area contributed by atoms with Crippen LogP contribution in [0, 0.1) is 0 Å². The van der Waals surface area contributed by atoms with Gasteiger partial charge in [0.15, 0.2) is 15.2 Å². The minimum absolute atomic E-state index is 0.750. The Balaban J connectivity index is 0. The van der Waals surface area contributed by atoms with E-state index in [9.17, 15) is 0 Å². The Kier molecular flexibility index (Phi) is 28.6. The maximum atomic E-state index is 8.46. The van der Waals surface area contributed by atoms with E-state index >= 15 is 0 Å². The molecule has 0 heterocycles. The molecular formula is C2H7AlO2P. The fourth-order valence-electron chi connectivity index (χ4n) is 0. The van der Waals surface area contributed by atoms with Crippen LogP contribution in [0.15, 0.2) is 0 Å². The molecule has 0 aromatic rings. The third-order valence-electron chi connectivity index (χ3n) is 0. The molecule has 1 radical (unpaired) electrons. The van der Waals surface area contributed by atoms with E-state index in [1.165, 1.54) is 0 Å². The van der Waals surface area contributed by atoms with Crippen molar-refractivity contribution >= 4 is 23.9 Å². The monoisotopic (exact) mass is 121 g/mol. The summed E-state index contributed by atoms with van der Waals surface area (Å²) in [6, 6.07) is 0. The molecule has 0 aromatic heterocycles. The molecule has 1 N–H and O–H groups in total. The van der Waals surface area contributed by atoms with Gasteiger partial charge in [-0.05, 0) is 0 Å². The highest BCUT2D eigenvalue weighted by atomic mass is 31.1. The Bertz CT molecular complexity index is 25.5. The summed E-state index contributed by atoms with van der Waals surface area (Å²) < 4.78 is 8.46. The van der Waals surface area contributed by atoms with Crippen LogP contribution in [0.3, 0.4) is 0 Å². The first-order valence-electron chi connectivity index (χ1n) is 1.54. The third-order valence-corrected chi connectivity index (χ3v) is 0. The first-order valence-corrected chi connectivity index (χ1v) is 4.61. The number of rotatable bonds is 0. The molecule has 0 aliphatic rings. The van der Waals surface area contributed by atoms with Gasteiger partial charge < -0.3 is 4.89 Å². The molecule has 0 saturated heterocycles. The van der Waals surface area contributed by atoms with Crippen molar-refractivity contribution in [1.29, 1.82) is 0 Å². The fourth-order valence-corrected chi connectivity index (χ4v) is 0. The van der Waals surface area contributed by atoms with Crippen molar-refractivity contribution in [3.63, 3.8) is 0 Å². The lowest BCUT2D eigenvalue weighted by molar-refractivity contribution is 0.524. The van der Waals surface area contributed by atoms with Crippen molar-refractivity contribution in [3.8, 4) is 0 Å². The van der Waals surface area contributed by atoms with Gasteiger partial charge in [0, 0.05) is 0 Å². The Morgan fingerprint density at radius 2 is 1.67 bits per heavy atom. The van der Waals surface area contributed by atoms with Crippen LogP contribution in [0.25, 0.3) is 0 Å². The summed E-state index contributed by atoms with van der Waals surface area (Å²) in [6.45, 7) is 0. The lowest BCUT2D eigenvalue weighted by Gasteiger charge is -1.38. The first-order chi connectivity index (χ1) is 2.83. The standard InChI is InChI=1S/2CH3.Al.HO2P/c;;;1-3-2/h2*1H3;;(H,1,2). The van der Waals surface area contributed by atoms with Crippen LogP contribution >= 0.6 is 8.69 Å². The van der Waals surface area contributed by atoms with Crippen LogP contribution < -0.4 is 0 Å². The van der Waals surface area contributed by atoms with Crippen molar-refractivity contribution in [2.45, 2.75) is 11.6 Å². The van der Waals surface area contributed by atoms with Crippen LogP contribution in [0.4, 0.5) is 0 Å². The van der Waals surface area contributed by atoms with Crippen LogP contribution in [0.5, 0.6) is 0 Å². The molecule has 6 heavy (non-hydrogen) atoms. The van der Waals surface area contributed by atoms with Gasteiger partial charge in [0.25, 0.3) is 0 Å². The maximum absolute atomic E-state index is 8.46. The predicted octanol–water partition coefficient (Wildman–Crippen LogP) is 0.972. The normalized spacial score (nSPS) is 5.83. The Morgan fingerprint density at radius 1 is 1.67 bits per heavy atom. The quantitative estimate of drug-likeness (QED) is 0.383. The summed E-state index contributed by atoms with van der Waals surface area (Å²) in [4.78, 5) is 6.99. The van der Waals surface area contributed by atoms with Gasteiger partial charge in [-0.25, -0.2) is 4.57 Å². The highest BCUT2D eigenvalue weighted by molar-refractivity contribution is 7.16. The van der Waals surface area contributed by atoms with E-state index in [4.69, 9.17) is 9.46 Å². The van der Waals surface area contributed by atoms with Crippen molar-refractivity contribution in [1.82, 2.24) is 0 Å². The molecule has 0 aliphatic carbocycles. The minimum Gasteiger partial charge on any atom is -0.310 e. The second-order valence-corrected chi connectivity index (χ2v) is 1.98. The molecular weight excluding hydrogens is 114 g/mol. The third kappa shape index (κ3) is 169. The second-order valence-electron chi connectivity index (χ2n) is 0.659. The van der Waals surface area contributed by atoms with E-state index in [1.54, 1.807) is 0 Å². The molecule has 4 heteroatoms. The van der Waals surface area contributed by atoms with Crippen molar-refractivity contribution < 1.29 is 9.46 Å². The molecule has 0 rings (SSSR count). The van der Waals surface area contributed by atoms with E-state index < -0.39 is 8.69 Å². The molecule has 0 atom stereocenters. The molecule has 0 saturated carbocycles. The lowest BCUT2D eigenvalue weighted by atomic mass is 11.9. The first kappa shape index (κ1) is 9.78. The molecule has 0 amide bonds. The van der Waals surface area contributed by atoms with Gasteiger partial charge in [0.2, 0.25) is 0 Å². The van der Waals surface area contributed by atoms with Crippen molar-refractivity contribution in [3.05, 3.63) is 0 Å². The zero-order valence-corrected chi connectivity index (χ0v) is 5.93. The van der Waals surface area contributed by atoms with Gasteiger partial charge in [0.1, 0.15) is 0 Å². The highest BCUT2D eigenvalue weighted by Crippen LogP contribution is 1.66. The summed E-state index contributed by atoms with van der Waals surface area (Å²) in [5.74, 6) is 4.42. The van der Waals surface area contributed by atoms with Gasteiger partial charge >= 0.3 is 8.69 Å². The SMILES string of the molecule is O=PO.[CH3][Al][CH3]. The molecule has 0 fully saturated rings. The molecule has 0 spiro atoms. The highest BCUT2D eigenvalue weighted by Gasteiger charge is 1.46. The van der Waals surface area contributed by atoms with Gasteiger partial charge in [0.05, 0.1) is 0 Å². The molecule has 0 aliphatic heterocycles. The second kappa shape index (κ2) is 17.5. The Labute approximate surface area is 45.6 Å². The smallest absolute Gasteiger partial charge is 0.310 e. The minimum atomic E-state index is -0.833. The van der Waals surface area contributed by atoms with Crippen LogP contribution in [0.1, 0.15) is 0 Å². The summed E-state index contributed by atoms with van der Waals surface area (Å²) in [5.41, 5.74) is 0. The zero-order chi connectivity index (χ0) is 5.41. The Hall–Kier alpha value is 0.592. The van der Waals surface area contributed by atoms with Gasteiger partial charge in [-0.3, -0.25) is 0 Å². The van der Waals surface area contributed by atoms with E-state index in [0.717, 1.165) is 15.2 Å². The van der Waals surface area contributed by atoms with Gasteiger partial charge in [-0.15, -0.1) is 11.6 Å². The predicted molar refractivity (Wildman–Crippen MR) is 27.3 cm³/mol. The van der Waals surface area contributed by atoms with E-state index in [1.807, 2.05) is 0 Å². The van der Waals surface area contributed by atoms with Gasteiger partial charge in [-0.2, -0.15) is 0 Å². The topological polar surface area (TPSA) is 37.3 Å². The molecule has 0 aromatic carbocycles. The van der Waals surface area contributed by atoms with E-state index in [-0.39, 0.29) is 0 Å². The van der Waals surface area contributed by atoms with Crippen molar-refractivity contribution in [2.24, 2.45) is 0 Å². The van der Waals surface area contributed by atoms with Crippen LogP contribution in [-0.2, 0) is 4.57 Å². The number of hydrogen-bond acceptors (Lipinski definition) is 1. The maximum Gasteiger partial charge on any atom is 0.324 e. The fraction of sp³-hybridized carbons (Fsp3) is 1.00. The summed E-state index contributed by atoms with van der Waals surface area (Å²) in [6.07, 6.45) is 0. The molecule has 0 unspecified atom stereocenters. The molecule has 0 bridgehead atoms. The number of hydrogen-bond donors (Lipinski definition) is 1. The Morgan fingerprint density at radius 3 is 1.67 bits per heavy atom. The molecule has 35 valence electrons. The zero-order valence-electron chi connectivity index (χ0n) is 3.88. The van der Waals surface area contributed by atoms with E-state index in [2.05, 4.69) is 11.6 Å². The van der Waals surface area contributed by atoms with Gasteiger partial charge in [-0.1, -0.05) is 0 Å². The molecule has 2 nitrogen and oxygen atoms in total. The van der Waals surface area contributed by atoms with Crippen LogP contribution in [0.2, 0.25) is 11.6 Å². The summed E-state index contributed by atoms with van der Waals surface area (Å²) in [5, 5.41) is 0. The average molecular weight is 121 g/mol. The largest absolute Gasteiger partial charge is 0.324 e. The van der Waals surface area contributed by atoms with Crippen molar-refractivity contribution in [2.75, 3.05) is 0 Å². The van der Waals surface area contributed by atoms with E-state index in [0.29, 0.717) is 0 Å².